The Morgan fingerprint density at radius 3 is 2.43 bits per heavy atom. The molecule has 0 amide bonds. The zero-order valence-corrected chi connectivity index (χ0v) is 22.2. The molecule has 2 heterocycles. The van der Waals surface area contributed by atoms with E-state index in [9.17, 15) is 14.7 Å². The van der Waals surface area contributed by atoms with Gasteiger partial charge in [0.25, 0.3) is 0 Å². The normalized spacial score (nSPS) is 17.3. The zero-order chi connectivity index (χ0) is 26.3. The van der Waals surface area contributed by atoms with E-state index in [-0.39, 0.29) is 22.9 Å². The molecule has 2 aliphatic rings. The number of methoxy groups -OCH3 is 3. The highest BCUT2D eigenvalue weighted by Gasteiger charge is 2.40. The van der Waals surface area contributed by atoms with Crippen molar-refractivity contribution in [3.8, 4) is 11.5 Å². The molecule has 1 unspecified atom stereocenters. The van der Waals surface area contributed by atoms with Gasteiger partial charge in [-0.15, -0.1) is 11.3 Å². The number of rotatable bonds is 6. The van der Waals surface area contributed by atoms with E-state index < -0.39 is 11.9 Å². The van der Waals surface area contributed by atoms with Gasteiger partial charge in [0, 0.05) is 21.2 Å². The minimum absolute atomic E-state index is 0.0295. The highest BCUT2D eigenvalue weighted by Crippen LogP contribution is 2.50. The van der Waals surface area contributed by atoms with Crippen molar-refractivity contribution in [1.82, 2.24) is 4.90 Å². The maximum absolute atomic E-state index is 13.0. The van der Waals surface area contributed by atoms with Gasteiger partial charge in [-0.25, -0.2) is 9.59 Å². The average Bonchev–Trinajstić information content (AvgIpc) is 3.69. The van der Waals surface area contributed by atoms with Crippen molar-refractivity contribution in [1.29, 1.82) is 0 Å². The zero-order valence-electron chi connectivity index (χ0n) is 20.6. The van der Waals surface area contributed by atoms with Crippen molar-refractivity contribution in [2.75, 3.05) is 21.3 Å². The minimum Gasteiger partial charge on any atom is -0.504 e. The summed E-state index contributed by atoms with van der Waals surface area (Å²) < 4.78 is 16.6. The number of esters is 2. The number of fused-ring (bicyclic) bond motifs is 2. The Balaban J connectivity index is 1.75. The van der Waals surface area contributed by atoms with Crippen LogP contribution in [0.3, 0.4) is 0 Å². The quantitative estimate of drug-likeness (QED) is 0.393. The van der Waals surface area contributed by atoms with Gasteiger partial charge in [-0.1, -0.05) is 29.8 Å². The predicted octanol–water partition coefficient (Wildman–Crippen LogP) is 5.85. The second-order valence-corrected chi connectivity index (χ2v) is 10.5. The van der Waals surface area contributed by atoms with Crippen LogP contribution in [0.15, 0.2) is 53.7 Å². The molecule has 0 radical (unpaired) electrons. The lowest BCUT2D eigenvalue weighted by molar-refractivity contribution is -0.139. The standard InChI is InChI=1S/C28H26ClNO6S/c1-34-22-12-18-16(11-21(22)31)10-19(27(32)35-2)20(28(33)36-3)13-30(26(18)15-8-9-15)14-24-25(29)17-6-4-5-7-23(17)37-24/h4-7,10-13,15,26,31H,8-9,14H2,1-3H3. The first-order chi connectivity index (χ1) is 17.9. The lowest BCUT2D eigenvalue weighted by Crippen LogP contribution is -2.29. The molecule has 5 rings (SSSR count). The lowest BCUT2D eigenvalue weighted by atomic mass is 9.90. The number of ether oxygens (including phenoxy) is 3. The summed E-state index contributed by atoms with van der Waals surface area (Å²) in [6, 6.07) is 11.1. The highest BCUT2D eigenvalue weighted by atomic mass is 35.5. The van der Waals surface area contributed by atoms with E-state index in [2.05, 4.69) is 0 Å². The molecule has 1 saturated carbocycles. The summed E-state index contributed by atoms with van der Waals surface area (Å²) >= 11 is 8.41. The molecule has 9 heteroatoms. The Bertz CT molecular complexity index is 1450. The van der Waals surface area contributed by atoms with Crippen LogP contribution < -0.4 is 4.74 Å². The van der Waals surface area contributed by atoms with Gasteiger partial charge in [0.05, 0.1) is 50.1 Å². The molecule has 0 saturated heterocycles. The molecule has 3 aromatic rings. The fraction of sp³-hybridized carbons (Fsp3) is 0.286. The third-order valence-electron chi connectivity index (χ3n) is 6.75. The van der Waals surface area contributed by atoms with E-state index in [1.54, 1.807) is 35.7 Å². The summed E-state index contributed by atoms with van der Waals surface area (Å²) in [5.74, 6) is -0.804. The van der Waals surface area contributed by atoms with Crippen LogP contribution >= 0.6 is 22.9 Å². The minimum atomic E-state index is -0.692. The van der Waals surface area contributed by atoms with Crippen LogP contribution in [0.5, 0.6) is 11.5 Å². The van der Waals surface area contributed by atoms with Crippen LogP contribution in [0.1, 0.15) is 34.9 Å². The van der Waals surface area contributed by atoms with Gasteiger partial charge in [-0.05, 0) is 54.2 Å². The molecule has 192 valence electrons. The smallest absolute Gasteiger partial charge is 0.340 e. The summed E-state index contributed by atoms with van der Waals surface area (Å²) in [6.45, 7) is 0.400. The van der Waals surface area contributed by atoms with Gasteiger partial charge < -0.3 is 24.2 Å². The highest BCUT2D eigenvalue weighted by molar-refractivity contribution is 7.19. The first-order valence-corrected chi connectivity index (χ1v) is 13.0. The fourth-order valence-electron chi connectivity index (χ4n) is 4.84. The third kappa shape index (κ3) is 4.67. The lowest BCUT2D eigenvalue weighted by Gasteiger charge is -2.34. The Labute approximate surface area is 223 Å². The van der Waals surface area contributed by atoms with Gasteiger partial charge in [-0.3, -0.25) is 0 Å². The van der Waals surface area contributed by atoms with Crippen LogP contribution in [0.4, 0.5) is 0 Å². The monoisotopic (exact) mass is 539 g/mol. The number of hydrogen-bond acceptors (Lipinski definition) is 8. The maximum Gasteiger partial charge on any atom is 0.340 e. The van der Waals surface area contributed by atoms with E-state index in [1.165, 1.54) is 21.3 Å². The summed E-state index contributed by atoms with van der Waals surface area (Å²) in [6.07, 6.45) is 5.25. The van der Waals surface area contributed by atoms with Crippen molar-refractivity contribution in [3.05, 3.63) is 74.8 Å². The van der Waals surface area contributed by atoms with Gasteiger partial charge in [0.15, 0.2) is 11.5 Å². The summed E-state index contributed by atoms with van der Waals surface area (Å²) in [4.78, 5) is 28.8. The molecule has 1 N–H and O–H groups in total. The molecule has 37 heavy (non-hydrogen) atoms. The number of benzene rings is 2. The van der Waals surface area contributed by atoms with Gasteiger partial charge in [-0.2, -0.15) is 0 Å². The number of thiophene rings is 1. The molecule has 0 bridgehead atoms. The number of aromatic hydroxyl groups is 1. The summed E-state index contributed by atoms with van der Waals surface area (Å²) in [5.41, 5.74) is 1.56. The molecular formula is C28H26ClNO6S. The van der Waals surface area contributed by atoms with E-state index in [0.717, 1.165) is 33.4 Å². The number of halogens is 1. The number of carbonyl (C=O) groups is 2. The van der Waals surface area contributed by atoms with Gasteiger partial charge in [0.1, 0.15) is 0 Å². The molecule has 1 fully saturated rings. The number of nitrogens with zero attached hydrogens (tertiary/aromatic N) is 1. The molecule has 7 nitrogen and oxygen atoms in total. The van der Waals surface area contributed by atoms with E-state index in [0.29, 0.717) is 28.8 Å². The Morgan fingerprint density at radius 1 is 1.08 bits per heavy atom. The van der Waals surface area contributed by atoms with Crippen molar-refractivity contribution in [2.45, 2.75) is 25.4 Å². The second kappa shape index (κ2) is 10.1. The Hall–Kier alpha value is -3.49. The van der Waals surface area contributed by atoms with Gasteiger partial charge >= 0.3 is 11.9 Å². The van der Waals surface area contributed by atoms with Crippen molar-refractivity contribution in [3.63, 3.8) is 0 Å². The molecule has 2 aromatic carbocycles. The molecule has 1 aliphatic carbocycles. The largest absolute Gasteiger partial charge is 0.504 e. The average molecular weight is 540 g/mol. The van der Waals surface area contributed by atoms with Crippen LogP contribution in [0, 0.1) is 5.92 Å². The van der Waals surface area contributed by atoms with Crippen molar-refractivity contribution in [2.24, 2.45) is 5.92 Å². The summed E-state index contributed by atoms with van der Waals surface area (Å²) in [5, 5.41) is 12.2. The SMILES string of the molecule is COC(=O)C1=Cc2cc(O)c(OC)cc2C(C2CC2)N(Cc2sc3ccccc3c2Cl)C=C1C(=O)OC. The molecule has 1 aliphatic heterocycles. The van der Waals surface area contributed by atoms with E-state index in [4.69, 9.17) is 25.8 Å². The molecule has 0 spiro atoms. The summed E-state index contributed by atoms with van der Waals surface area (Å²) in [7, 11) is 4.02. The fourth-order valence-corrected chi connectivity index (χ4v) is 6.34. The Kier molecular flexibility index (Phi) is 6.88. The van der Waals surface area contributed by atoms with E-state index >= 15 is 0 Å². The van der Waals surface area contributed by atoms with Crippen molar-refractivity contribution < 1.29 is 28.9 Å². The molecule has 1 aromatic heterocycles. The second-order valence-electron chi connectivity index (χ2n) is 9.03. The first kappa shape index (κ1) is 25.2. The van der Waals surface area contributed by atoms with E-state index in [1.807, 2.05) is 29.2 Å². The van der Waals surface area contributed by atoms with Crippen LogP contribution in [0.25, 0.3) is 16.2 Å². The molecule has 1 atom stereocenters. The number of hydrogen-bond donors (Lipinski definition) is 1. The Morgan fingerprint density at radius 2 is 1.78 bits per heavy atom. The maximum atomic E-state index is 13.0. The third-order valence-corrected chi connectivity index (χ3v) is 8.45. The van der Waals surface area contributed by atoms with Crippen LogP contribution in [-0.4, -0.2) is 43.3 Å². The van der Waals surface area contributed by atoms with Gasteiger partial charge in [0.2, 0.25) is 0 Å². The number of phenolic OH excluding ortho intramolecular Hbond substituents is 1. The predicted molar refractivity (Wildman–Crippen MR) is 143 cm³/mol. The van der Waals surface area contributed by atoms with Crippen LogP contribution in [0.2, 0.25) is 5.02 Å². The number of phenols is 1. The first-order valence-electron chi connectivity index (χ1n) is 11.8. The van der Waals surface area contributed by atoms with Crippen molar-refractivity contribution >= 4 is 51.0 Å². The number of carbonyl (C=O) groups excluding carboxylic acids is 2. The molecular weight excluding hydrogens is 514 g/mol. The van der Waals surface area contributed by atoms with Crippen LogP contribution in [-0.2, 0) is 25.6 Å². The topological polar surface area (TPSA) is 85.3 Å².